The summed E-state index contributed by atoms with van der Waals surface area (Å²) in [5, 5.41) is 6.71. The minimum atomic E-state index is -0.315. The van der Waals surface area contributed by atoms with Gasteiger partial charge in [0.2, 0.25) is 5.91 Å². The van der Waals surface area contributed by atoms with Crippen molar-refractivity contribution in [3.05, 3.63) is 100 Å². The number of fused-ring (bicyclic) bond motifs is 1. The van der Waals surface area contributed by atoms with Gasteiger partial charge in [-0.3, -0.25) is 9.59 Å². The fraction of sp³-hybridized carbons (Fsp3) is 0.120. The largest absolute Gasteiger partial charge is 0.451 e. The first-order valence-corrected chi connectivity index (χ1v) is 10.7. The van der Waals surface area contributed by atoms with E-state index in [1.165, 1.54) is 0 Å². The van der Waals surface area contributed by atoms with Crippen molar-refractivity contribution in [1.29, 1.82) is 0 Å². The lowest BCUT2D eigenvalue weighted by Crippen LogP contribution is -2.28. The molecule has 3 aromatic carbocycles. The van der Waals surface area contributed by atoms with E-state index >= 15 is 0 Å². The van der Waals surface area contributed by atoms with Crippen LogP contribution in [-0.4, -0.2) is 11.8 Å². The molecule has 0 radical (unpaired) electrons. The van der Waals surface area contributed by atoms with Gasteiger partial charge >= 0.3 is 0 Å². The van der Waals surface area contributed by atoms with Gasteiger partial charge in [-0.15, -0.1) is 0 Å². The maximum atomic E-state index is 12.5. The highest BCUT2D eigenvalue weighted by molar-refractivity contribution is 9.10. The second-order valence-corrected chi connectivity index (χ2v) is 8.23. The number of hydrogen-bond acceptors (Lipinski definition) is 3. The van der Waals surface area contributed by atoms with Gasteiger partial charge in [0, 0.05) is 15.5 Å². The van der Waals surface area contributed by atoms with E-state index < -0.39 is 0 Å². The molecule has 1 atom stereocenters. The van der Waals surface area contributed by atoms with Crippen molar-refractivity contribution in [3.8, 4) is 0 Å². The first-order chi connectivity index (χ1) is 15.0. The average molecular weight is 477 g/mol. The Hall–Kier alpha value is -3.38. The molecule has 2 N–H and O–H groups in total. The van der Waals surface area contributed by atoms with Gasteiger partial charge in [-0.25, -0.2) is 0 Å². The summed E-state index contributed by atoms with van der Waals surface area (Å²) in [7, 11) is 0. The lowest BCUT2D eigenvalue weighted by Gasteiger charge is -2.14. The average Bonchev–Trinajstić information content (AvgIpc) is 3.20. The Labute approximate surface area is 188 Å². The quantitative estimate of drug-likeness (QED) is 0.365. The van der Waals surface area contributed by atoms with Gasteiger partial charge in [0.1, 0.15) is 5.58 Å². The topological polar surface area (TPSA) is 71.3 Å². The Balaban J connectivity index is 1.33. The van der Waals surface area contributed by atoms with E-state index in [4.69, 9.17) is 4.42 Å². The number of carbonyl (C=O) groups excluding carboxylic acids is 2. The van der Waals surface area contributed by atoms with Crippen LogP contribution in [0.4, 0.5) is 5.69 Å². The third-order valence-electron chi connectivity index (χ3n) is 4.97. The van der Waals surface area contributed by atoms with Crippen LogP contribution in [0, 0.1) is 0 Å². The molecule has 6 heteroatoms. The van der Waals surface area contributed by atoms with Crippen LogP contribution in [0.15, 0.2) is 87.8 Å². The molecule has 0 aliphatic heterocycles. The lowest BCUT2D eigenvalue weighted by atomic mass is 10.1. The predicted octanol–water partition coefficient (Wildman–Crippen LogP) is 5.87. The molecule has 4 rings (SSSR count). The van der Waals surface area contributed by atoms with Crippen LogP contribution in [0.2, 0.25) is 0 Å². The van der Waals surface area contributed by atoms with Crippen LogP contribution in [0.1, 0.15) is 34.6 Å². The van der Waals surface area contributed by atoms with Crippen molar-refractivity contribution in [2.75, 3.05) is 5.32 Å². The van der Waals surface area contributed by atoms with Gasteiger partial charge in [-0.05, 0) is 54.4 Å². The Bertz CT molecular complexity index is 1180. The maximum absolute atomic E-state index is 12.5. The highest BCUT2D eigenvalue weighted by Gasteiger charge is 2.13. The van der Waals surface area contributed by atoms with Crippen LogP contribution in [0.25, 0.3) is 11.0 Å². The Morgan fingerprint density at radius 1 is 0.968 bits per heavy atom. The molecule has 0 saturated carbocycles. The number of nitrogens with one attached hydrogen (secondary N) is 2. The molecule has 1 aromatic heterocycles. The number of para-hydroxylation sites is 1. The van der Waals surface area contributed by atoms with Crippen molar-refractivity contribution >= 4 is 44.4 Å². The van der Waals surface area contributed by atoms with E-state index in [-0.39, 0.29) is 30.0 Å². The third-order valence-corrected chi connectivity index (χ3v) is 5.50. The monoisotopic (exact) mass is 476 g/mol. The summed E-state index contributed by atoms with van der Waals surface area (Å²) in [6, 6.07) is 24.2. The van der Waals surface area contributed by atoms with E-state index in [9.17, 15) is 9.59 Å². The third kappa shape index (κ3) is 5.22. The van der Waals surface area contributed by atoms with E-state index in [1.54, 1.807) is 18.2 Å². The number of carbonyl (C=O) groups is 2. The summed E-state index contributed by atoms with van der Waals surface area (Å²) in [5.41, 5.74) is 3.21. The number of anilines is 1. The minimum Gasteiger partial charge on any atom is -0.451 e. The Morgan fingerprint density at radius 2 is 1.68 bits per heavy atom. The second-order valence-electron chi connectivity index (χ2n) is 7.32. The van der Waals surface area contributed by atoms with Crippen molar-refractivity contribution in [3.63, 3.8) is 0 Å². The lowest BCUT2D eigenvalue weighted by molar-refractivity contribution is -0.121. The van der Waals surface area contributed by atoms with Crippen LogP contribution >= 0.6 is 15.9 Å². The summed E-state index contributed by atoms with van der Waals surface area (Å²) in [6.45, 7) is 1.96. The molecule has 1 heterocycles. The van der Waals surface area contributed by atoms with Crippen molar-refractivity contribution in [2.45, 2.75) is 19.4 Å². The molecular formula is C25H21BrN2O3. The van der Waals surface area contributed by atoms with E-state index in [0.29, 0.717) is 11.3 Å². The summed E-state index contributed by atoms with van der Waals surface area (Å²) in [6.07, 6.45) is 0.263. The van der Waals surface area contributed by atoms with Crippen LogP contribution in [0.3, 0.4) is 0 Å². The SMILES string of the molecule is CC(NC(=O)Cc1ccc(NC(=O)c2cc3ccccc3o2)cc1)c1ccc(Br)cc1. The van der Waals surface area contributed by atoms with Gasteiger partial charge in [-0.2, -0.15) is 0 Å². The van der Waals surface area contributed by atoms with Crippen molar-refractivity contribution in [1.82, 2.24) is 5.32 Å². The molecular weight excluding hydrogens is 456 g/mol. The van der Waals surface area contributed by atoms with Crippen molar-refractivity contribution < 1.29 is 14.0 Å². The van der Waals surface area contributed by atoms with Gasteiger partial charge < -0.3 is 15.1 Å². The number of furan rings is 1. The number of halogens is 1. The summed E-state index contributed by atoms with van der Waals surface area (Å²) >= 11 is 3.41. The summed E-state index contributed by atoms with van der Waals surface area (Å²) in [4.78, 5) is 24.8. The molecule has 0 fully saturated rings. The molecule has 156 valence electrons. The van der Waals surface area contributed by atoms with Gasteiger partial charge in [0.15, 0.2) is 5.76 Å². The van der Waals surface area contributed by atoms with Crippen molar-refractivity contribution in [2.24, 2.45) is 0 Å². The molecule has 31 heavy (non-hydrogen) atoms. The van der Waals surface area contributed by atoms with E-state index in [2.05, 4.69) is 26.6 Å². The highest BCUT2D eigenvalue weighted by atomic mass is 79.9. The molecule has 5 nitrogen and oxygen atoms in total. The standard InChI is InChI=1S/C25H21BrN2O3/c1-16(18-8-10-20(26)11-9-18)27-24(29)14-17-6-12-21(13-7-17)28-25(30)23-15-19-4-2-3-5-22(19)31-23/h2-13,15-16H,14H2,1H3,(H,27,29)(H,28,30). The van der Waals surface area contributed by atoms with Crippen LogP contribution in [0.5, 0.6) is 0 Å². The first-order valence-electron chi connectivity index (χ1n) is 9.91. The molecule has 0 aliphatic carbocycles. The highest BCUT2D eigenvalue weighted by Crippen LogP contribution is 2.20. The smallest absolute Gasteiger partial charge is 0.291 e. The fourth-order valence-corrected chi connectivity index (χ4v) is 3.57. The van der Waals surface area contributed by atoms with Crippen LogP contribution < -0.4 is 10.6 Å². The van der Waals surface area contributed by atoms with Crippen LogP contribution in [-0.2, 0) is 11.2 Å². The minimum absolute atomic E-state index is 0.0607. The zero-order valence-electron chi connectivity index (χ0n) is 16.9. The number of benzene rings is 3. The van der Waals surface area contributed by atoms with Gasteiger partial charge in [0.05, 0.1) is 12.5 Å². The summed E-state index contributed by atoms with van der Waals surface area (Å²) in [5.74, 6) is -0.119. The molecule has 1 unspecified atom stereocenters. The Morgan fingerprint density at radius 3 is 2.39 bits per heavy atom. The van der Waals surface area contributed by atoms with E-state index in [0.717, 1.165) is 21.0 Å². The normalized spacial score (nSPS) is 11.8. The Kier molecular flexibility index (Phi) is 6.18. The number of rotatable bonds is 6. The van der Waals surface area contributed by atoms with E-state index in [1.807, 2.05) is 67.6 Å². The summed E-state index contributed by atoms with van der Waals surface area (Å²) < 4.78 is 6.59. The maximum Gasteiger partial charge on any atom is 0.291 e. The number of amides is 2. The molecule has 2 amide bonds. The zero-order valence-corrected chi connectivity index (χ0v) is 18.5. The van der Waals surface area contributed by atoms with Gasteiger partial charge in [-0.1, -0.05) is 58.4 Å². The number of hydrogen-bond donors (Lipinski definition) is 2. The molecule has 4 aromatic rings. The molecule has 0 saturated heterocycles. The van der Waals surface area contributed by atoms with Gasteiger partial charge in [0.25, 0.3) is 5.91 Å². The second kappa shape index (κ2) is 9.18. The first kappa shape index (κ1) is 20.9. The zero-order chi connectivity index (χ0) is 21.8. The molecule has 0 spiro atoms. The molecule has 0 aliphatic rings. The predicted molar refractivity (Wildman–Crippen MR) is 125 cm³/mol. The fourth-order valence-electron chi connectivity index (χ4n) is 3.31. The molecule has 0 bridgehead atoms.